The monoisotopic (exact) mass is 497 g/mol. The average Bonchev–Trinajstić information content (AvgIpc) is 3.32. The number of nitrogens with zero attached hydrogens (tertiary/aromatic N) is 4. The molecule has 0 unspecified atom stereocenters. The van der Waals surface area contributed by atoms with Gasteiger partial charge in [0.05, 0.1) is 11.8 Å². The number of likely N-dealkylation sites (tertiary alicyclic amines) is 1. The van der Waals surface area contributed by atoms with E-state index in [0.717, 1.165) is 53.1 Å². The van der Waals surface area contributed by atoms with Gasteiger partial charge in [0.1, 0.15) is 0 Å². The molecule has 2 heterocycles. The summed E-state index contributed by atoms with van der Waals surface area (Å²) >= 11 is 1.44. The molecule has 1 N–H and O–H groups in total. The fourth-order valence-corrected chi connectivity index (χ4v) is 5.43. The third-order valence-electron chi connectivity index (χ3n) is 6.45. The van der Waals surface area contributed by atoms with Crippen molar-refractivity contribution in [1.82, 2.24) is 19.7 Å². The Labute approximate surface area is 216 Å². The minimum atomic E-state index is -0.358. The van der Waals surface area contributed by atoms with E-state index >= 15 is 0 Å². The maximum Gasteiger partial charge on any atom is 0.237 e. The number of piperidine rings is 1. The van der Waals surface area contributed by atoms with Crippen molar-refractivity contribution < 1.29 is 4.79 Å². The molecule has 3 aromatic carbocycles. The van der Waals surface area contributed by atoms with Gasteiger partial charge in [-0.3, -0.25) is 14.3 Å². The predicted molar refractivity (Wildman–Crippen MR) is 146 cm³/mol. The highest BCUT2D eigenvalue weighted by atomic mass is 32.2. The van der Waals surface area contributed by atoms with E-state index in [-0.39, 0.29) is 11.2 Å². The topological polar surface area (TPSA) is 63.1 Å². The molecule has 7 heteroatoms. The Kier molecular flexibility index (Phi) is 7.79. The Balaban J connectivity index is 1.35. The first kappa shape index (κ1) is 24.3. The number of amides is 1. The summed E-state index contributed by atoms with van der Waals surface area (Å²) in [6, 6.07) is 28.2. The van der Waals surface area contributed by atoms with Crippen LogP contribution in [0.1, 0.15) is 32.0 Å². The molecule has 0 aliphatic carbocycles. The highest BCUT2D eigenvalue weighted by molar-refractivity contribution is 8.00. The zero-order chi connectivity index (χ0) is 24.7. The van der Waals surface area contributed by atoms with Crippen molar-refractivity contribution in [3.05, 3.63) is 90.8 Å². The van der Waals surface area contributed by atoms with Crippen LogP contribution < -0.4 is 5.32 Å². The van der Waals surface area contributed by atoms with Gasteiger partial charge in [0.2, 0.25) is 5.91 Å². The van der Waals surface area contributed by atoms with E-state index in [4.69, 9.17) is 0 Å². The second-order valence-corrected chi connectivity index (χ2v) is 10.4. The Morgan fingerprint density at radius 2 is 1.56 bits per heavy atom. The van der Waals surface area contributed by atoms with Gasteiger partial charge in [0, 0.05) is 16.9 Å². The molecule has 6 nitrogen and oxygen atoms in total. The van der Waals surface area contributed by atoms with Crippen molar-refractivity contribution in [2.45, 2.75) is 43.1 Å². The summed E-state index contributed by atoms with van der Waals surface area (Å²) < 4.78 is 2.10. The summed E-state index contributed by atoms with van der Waals surface area (Å²) in [5.74, 6) is 0.844. The van der Waals surface area contributed by atoms with Crippen molar-refractivity contribution in [1.29, 1.82) is 0 Å². The minimum Gasteiger partial charge on any atom is -0.325 e. The highest BCUT2D eigenvalue weighted by Gasteiger charge is 2.23. The van der Waals surface area contributed by atoms with Crippen LogP contribution in [0.15, 0.2) is 90.1 Å². The smallest absolute Gasteiger partial charge is 0.237 e. The van der Waals surface area contributed by atoms with E-state index in [1.165, 1.54) is 31.0 Å². The van der Waals surface area contributed by atoms with Gasteiger partial charge < -0.3 is 5.32 Å². The normalized spacial score (nSPS) is 14.9. The van der Waals surface area contributed by atoms with E-state index in [1.54, 1.807) is 0 Å². The number of thioether (sulfide) groups is 1. The maximum absolute atomic E-state index is 13.3. The number of benzene rings is 3. The molecule has 4 aromatic rings. The second kappa shape index (κ2) is 11.5. The van der Waals surface area contributed by atoms with Gasteiger partial charge in [0.25, 0.3) is 0 Å². The maximum atomic E-state index is 13.3. The molecule has 0 radical (unpaired) electrons. The van der Waals surface area contributed by atoms with Crippen LogP contribution in [0, 0.1) is 0 Å². The SMILES string of the molecule is C[C@@H](Sc1nnc(CN2CCCCC2)n1-c1ccccc1)C(=O)Nc1ccccc1-c1ccccc1. The third-order valence-corrected chi connectivity index (χ3v) is 7.49. The summed E-state index contributed by atoms with van der Waals surface area (Å²) in [5.41, 5.74) is 3.88. The number of hydrogen-bond acceptors (Lipinski definition) is 5. The highest BCUT2D eigenvalue weighted by Crippen LogP contribution is 2.30. The first-order valence-corrected chi connectivity index (χ1v) is 13.4. The van der Waals surface area contributed by atoms with Crippen LogP contribution in [0.4, 0.5) is 5.69 Å². The first-order chi connectivity index (χ1) is 17.7. The van der Waals surface area contributed by atoms with Crippen molar-refractivity contribution in [3.8, 4) is 16.8 Å². The molecule has 1 aromatic heterocycles. The number of anilines is 1. The number of carbonyl (C=O) groups excluding carboxylic acids is 1. The van der Waals surface area contributed by atoms with Gasteiger partial charge in [-0.15, -0.1) is 10.2 Å². The number of hydrogen-bond donors (Lipinski definition) is 1. The van der Waals surface area contributed by atoms with E-state index in [0.29, 0.717) is 0 Å². The van der Waals surface area contributed by atoms with Crippen LogP contribution in [-0.4, -0.2) is 43.9 Å². The lowest BCUT2D eigenvalue weighted by Gasteiger charge is -2.26. The van der Waals surface area contributed by atoms with Gasteiger partial charge in [-0.1, -0.05) is 84.9 Å². The molecule has 0 saturated carbocycles. The lowest BCUT2D eigenvalue weighted by molar-refractivity contribution is -0.115. The number of carbonyl (C=O) groups is 1. The molecule has 0 bridgehead atoms. The summed E-state index contributed by atoms with van der Waals surface area (Å²) in [6.07, 6.45) is 3.74. The molecule has 1 amide bonds. The largest absolute Gasteiger partial charge is 0.325 e. The summed E-state index contributed by atoms with van der Waals surface area (Å²) in [4.78, 5) is 15.7. The second-order valence-electron chi connectivity index (χ2n) is 9.07. The number of para-hydroxylation sites is 2. The number of rotatable bonds is 8. The van der Waals surface area contributed by atoms with Crippen LogP contribution in [-0.2, 0) is 11.3 Å². The Bertz CT molecular complexity index is 1290. The summed E-state index contributed by atoms with van der Waals surface area (Å²) in [5, 5.41) is 12.6. The van der Waals surface area contributed by atoms with Gasteiger partial charge in [-0.05, 0) is 56.6 Å². The predicted octanol–water partition coefficient (Wildman–Crippen LogP) is 6.04. The Hall–Kier alpha value is -3.42. The quantitative estimate of drug-likeness (QED) is 0.301. The van der Waals surface area contributed by atoms with E-state index in [2.05, 4.69) is 49.2 Å². The summed E-state index contributed by atoms with van der Waals surface area (Å²) in [7, 11) is 0. The Morgan fingerprint density at radius 3 is 2.31 bits per heavy atom. The minimum absolute atomic E-state index is 0.0661. The van der Waals surface area contributed by atoms with Crippen LogP contribution in [0.2, 0.25) is 0 Å². The first-order valence-electron chi connectivity index (χ1n) is 12.5. The molecule has 1 fully saturated rings. The zero-order valence-electron chi connectivity index (χ0n) is 20.5. The van der Waals surface area contributed by atoms with Gasteiger partial charge in [-0.25, -0.2) is 0 Å². The van der Waals surface area contributed by atoms with Crippen LogP contribution in [0.5, 0.6) is 0 Å². The van der Waals surface area contributed by atoms with Gasteiger partial charge in [-0.2, -0.15) is 0 Å². The molecule has 1 aliphatic rings. The molecule has 1 saturated heterocycles. The van der Waals surface area contributed by atoms with E-state index < -0.39 is 0 Å². The molecular formula is C29H31N5OS. The molecule has 0 spiro atoms. The Morgan fingerprint density at radius 1 is 0.889 bits per heavy atom. The molecule has 1 atom stereocenters. The zero-order valence-corrected chi connectivity index (χ0v) is 21.3. The van der Waals surface area contributed by atoms with Crippen LogP contribution in [0.25, 0.3) is 16.8 Å². The van der Waals surface area contributed by atoms with Crippen molar-refractivity contribution in [2.75, 3.05) is 18.4 Å². The number of aromatic nitrogens is 3. The third kappa shape index (κ3) is 5.69. The molecule has 1 aliphatic heterocycles. The molecular weight excluding hydrogens is 466 g/mol. The van der Waals surface area contributed by atoms with Crippen LogP contribution in [0.3, 0.4) is 0 Å². The van der Waals surface area contributed by atoms with Crippen molar-refractivity contribution in [3.63, 3.8) is 0 Å². The molecule has 36 heavy (non-hydrogen) atoms. The van der Waals surface area contributed by atoms with E-state index in [1.807, 2.05) is 67.6 Å². The van der Waals surface area contributed by atoms with Gasteiger partial charge >= 0.3 is 0 Å². The molecule has 5 rings (SSSR count). The standard InChI is InChI=1S/C29H31N5OS/c1-22(28(35)30-26-18-10-9-17-25(26)23-13-5-2-6-14-23)36-29-32-31-27(21-33-19-11-4-12-20-33)34(29)24-15-7-3-8-16-24/h2-3,5-10,13-18,22H,4,11-12,19-21H2,1H3,(H,30,35)/t22-/m1/s1. The average molecular weight is 498 g/mol. The molecule has 184 valence electrons. The number of nitrogens with one attached hydrogen (secondary N) is 1. The lowest BCUT2D eigenvalue weighted by Crippen LogP contribution is -2.30. The van der Waals surface area contributed by atoms with Crippen molar-refractivity contribution in [2.24, 2.45) is 0 Å². The van der Waals surface area contributed by atoms with Gasteiger partial charge in [0.15, 0.2) is 11.0 Å². The van der Waals surface area contributed by atoms with E-state index in [9.17, 15) is 4.79 Å². The summed E-state index contributed by atoms with van der Waals surface area (Å²) in [6.45, 7) is 4.85. The fraction of sp³-hybridized carbons (Fsp3) is 0.276. The van der Waals surface area contributed by atoms with Crippen LogP contribution >= 0.6 is 11.8 Å². The van der Waals surface area contributed by atoms with Crippen molar-refractivity contribution >= 4 is 23.4 Å². The lowest BCUT2D eigenvalue weighted by atomic mass is 10.0. The fourth-order valence-electron chi connectivity index (χ4n) is 4.54.